The number of rotatable bonds is 4. The average molecular weight is 398 g/mol. The lowest BCUT2D eigenvalue weighted by molar-refractivity contribution is -0.127. The molecule has 1 saturated heterocycles. The summed E-state index contributed by atoms with van der Waals surface area (Å²) < 4.78 is 2.02. The number of benzene rings is 1. The second-order valence-corrected chi connectivity index (χ2v) is 7.99. The molecule has 3 amide bonds. The molecule has 0 spiro atoms. The van der Waals surface area contributed by atoms with Gasteiger partial charge in [-0.3, -0.25) is 19.3 Å². The SMILES string of the molecule is Cc1ccc(NC(=O)CN2C(=O)S/C(=C/c3cc(C)n(C)c3C)C2=O)cc1C. The number of carbonyl (C=O) groups excluding carboxylic acids is 3. The largest absolute Gasteiger partial charge is 0.352 e. The van der Waals surface area contributed by atoms with Gasteiger partial charge in [0.1, 0.15) is 6.54 Å². The Morgan fingerprint density at radius 2 is 1.82 bits per heavy atom. The van der Waals surface area contributed by atoms with Crippen LogP contribution in [0, 0.1) is 27.7 Å². The lowest BCUT2D eigenvalue weighted by Crippen LogP contribution is -2.36. The minimum Gasteiger partial charge on any atom is -0.352 e. The van der Waals surface area contributed by atoms with E-state index in [0.717, 1.165) is 44.7 Å². The summed E-state index contributed by atoms with van der Waals surface area (Å²) in [5.41, 5.74) is 5.80. The summed E-state index contributed by atoms with van der Waals surface area (Å²) >= 11 is 0.862. The third kappa shape index (κ3) is 3.89. The molecular weight excluding hydrogens is 374 g/mol. The van der Waals surface area contributed by atoms with Gasteiger partial charge < -0.3 is 9.88 Å². The number of anilines is 1. The zero-order valence-corrected chi connectivity index (χ0v) is 17.4. The summed E-state index contributed by atoms with van der Waals surface area (Å²) in [6, 6.07) is 7.55. The molecule has 1 aliphatic heterocycles. The lowest BCUT2D eigenvalue weighted by atomic mass is 10.1. The molecule has 1 aromatic heterocycles. The van der Waals surface area contributed by atoms with Gasteiger partial charge in [0.2, 0.25) is 5.91 Å². The van der Waals surface area contributed by atoms with Crippen LogP contribution in [-0.2, 0) is 16.6 Å². The number of nitrogens with one attached hydrogen (secondary N) is 1. The number of nitrogens with zero attached hydrogens (tertiary/aromatic N) is 2. The van der Waals surface area contributed by atoms with E-state index in [4.69, 9.17) is 0 Å². The predicted octanol–water partition coefficient (Wildman–Crippen LogP) is 3.93. The van der Waals surface area contributed by atoms with Gasteiger partial charge in [0.25, 0.3) is 11.1 Å². The minimum atomic E-state index is -0.439. The molecule has 7 heteroatoms. The fourth-order valence-corrected chi connectivity index (χ4v) is 3.80. The number of amides is 3. The summed E-state index contributed by atoms with van der Waals surface area (Å²) in [5, 5.41) is 2.31. The molecule has 0 saturated carbocycles. The highest BCUT2D eigenvalue weighted by atomic mass is 32.2. The van der Waals surface area contributed by atoms with Crippen LogP contribution in [0.15, 0.2) is 29.2 Å². The Hall–Kier alpha value is -2.80. The zero-order valence-electron chi connectivity index (χ0n) is 16.6. The van der Waals surface area contributed by atoms with E-state index in [9.17, 15) is 14.4 Å². The van der Waals surface area contributed by atoms with Crippen molar-refractivity contribution < 1.29 is 14.4 Å². The maximum absolute atomic E-state index is 12.6. The maximum Gasteiger partial charge on any atom is 0.294 e. The van der Waals surface area contributed by atoms with Crippen molar-refractivity contribution >= 4 is 40.6 Å². The standard InChI is InChI=1S/C21H23N3O3S/c1-12-6-7-17(8-13(12)2)22-19(25)11-24-20(26)18(28-21(24)27)10-16-9-14(3)23(5)15(16)4/h6-10H,11H2,1-5H3,(H,22,25)/b18-10+. The first kappa shape index (κ1) is 19.9. The van der Waals surface area contributed by atoms with Gasteiger partial charge in [-0.2, -0.15) is 0 Å². The molecule has 1 N–H and O–H groups in total. The van der Waals surface area contributed by atoms with Crippen molar-refractivity contribution in [1.29, 1.82) is 0 Å². The highest BCUT2D eigenvalue weighted by Gasteiger charge is 2.36. The van der Waals surface area contributed by atoms with Crippen molar-refractivity contribution in [2.75, 3.05) is 11.9 Å². The van der Waals surface area contributed by atoms with Gasteiger partial charge in [0, 0.05) is 24.1 Å². The Balaban J connectivity index is 1.72. The van der Waals surface area contributed by atoms with E-state index >= 15 is 0 Å². The summed E-state index contributed by atoms with van der Waals surface area (Å²) in [5.74, 6) is -0.843. The summed E-state index contributed by atoms with van der Waals surface area (Å²) in [6.45, 7) is 7.58. The van der Waals surface area contributed by atoms with E-state index in [1.807, 2.05) is 57.5 Å². The molecule has 0 atom stereocenters. The highest BCUT2D eigenvalue weighted by Crippen LogP contribution is 2.33. The van der Waals surface area contributed by atoms with Crippen LogP contribution in [0.2, 0.25) is 0 Å². The van der Waals surface area contributed by atoms with E-state index in [2.05, 4.69) is 5.32 Å². The van der Waals surface area contributed by atoms with Crippen LogP contribution in [0.3, 0.4) is 0 Å². The van der Waals surface area contributed by atoms with Gasteiger partial charge in [-0.15, -0.1) is 0 Å². The summed E-state index contributed by atoms with van der Waals surface area (Å²) in [7, 11) is 1.95. The number of aryl methyl sites for hydroxylation is 3. The van der Waals surface area contributed by atoms with E-state index in [0.29, 0.717) is 10.6 Å². The van der Waals surface area contributed by atoms with Gasteiger partial charge in [-0.05, 0) is 80.4 Å². The predicted molar refractivity (Wildman–Crippen MR) is 112 cm³/mol. The van der Waals surface area contributed by atoms with Gasteiger partial charge in [-0.25, -0.2) is 0 Å². The Labute approximate surface area is 168 Å². The monoisotopic (exact) mass is 397 g/mol. The second kappa shape index (κ2) is 7.67. The molecule has 0 radical (unpaired) electrons. The van der Waals surface area contributed by atoms with Crippen molar-refractivity contribution in [3.63, 3.8) is 0 Å². The Bertz CT molecular complexity index is 1020. The van der Waals surface area contributed by atoms with Gasteiger partial charge >= 0.3 is 0 Å². The molecule has 1 fully saturated rings. The third-order valence-corrected chi connectivity index (χ3v) is 5.97. The van der Waals surface area contributed by atoms with E-state index in [-0.39, 0.29) is 6.54 Å². The van der Waals surface area contributed by atoms with E-state index in [1.165, 1.54) is 0 Å². The van der Waals surface area contributed by atoms with Crippen molar-refractivity contribution in [1.82, 2.24) is 9.47 Å². The Kier molecular flexibility index (Phi) is 5.47. The molecule has 2 aromatic rings. The smallest absolute Gasteiger partial charge is 0.294 e. The molecule has 0 bridgehead atoms. The number of carbonyl (C=O) groups is 3. The van der Waals surface area contributed by atoms with Gasteiger partial charge in [-0.1, -0.05) is 6.07 Å². The van der Waals surface area contributed by atoms with Crippen LogP contribution in [-0.4, -0.2) is 33.1 Å². The van der Waals surface area contributed by atoms with Crippen LogP contribution in [0.25, 0.3) is 6.08 Å². The molecule has 1 aromatic carbocycles. The third-order valence-electron chi connectivity index (χ3n) is 5.07. The Morgan fingerprint density at radius 3 is 2.43 bits per heavy atom. The fraction of sp³-hybridized carbons (Fsp3) is 0.286. The molecule has 2 heterocycles. The quantitative estimate of drug-likeness (QED) is 0.794. The van der Waals surface area contributed by atoms with Crippen molar-refractivity contribution in [3.05, 3.63) is 57.2 Å². The molecule has 3 rings (SSSR count). The van der Waals surface area contributed by atoms with Crippen LogP contribution in [0.4, 0.5) is 10.5 Å². The maximum atomic E-state index is 12.6. The molecular formula is C21H23N3O3S. The van der Waals surface area contributed by atoms with Gasteiger partial charge in [0.15, 0.2) is 0 Å². The first-order valence-corrected chi connectivity index (χ1v) is 9.74. The number of hydrogen-bond donors (Lipinski definition) is 1. The van der Waals surface area contributed by atoms with Crippen LogP contribution < -0.4 is 5.32 Å². The highest BCUT2D eigenvalue weighted by molar-refractivity contribution is 8.18. The first-order chi connectivity index (χ1) is 13.2. The normalized spacial score (nSPS) is 15.6. The first-order valence-electron chi connectivity index (χ1n) is 8.92. The number of aromatic nitrogens is 1. The topological polar surface area (TPSA) is 71.4 Å². The summed E-state index contributed by atoms with van der Waals surface area (Å²) in [4.78, 5) is 38.6. The van der Waals surface area contributed by atoms with Crippen molar-refractivity contribution in [3.8, 4) is 0 Å². The molecule has 0 aliphatic carbocycles. The summed E-state index contributed by atoms with van der Waals surface area (Å²) in [6.07, 6.45) is 1.72. The van der Waals surface area contributed by atoms with Crippen molar-refractivity contribution in [2.24, 2.45) is 7.05 Å². The van der Waals surface area contributed by atoms with E-state index < -0.39 is 17.1 Å². The fourth-order valence-electron chi connectivity index (χ4n) is 2.97. The number of thioether (sulfide) groups is 1. The van der Waals surface area contributed by atoms with Gasteiger partial charge in [0.05, 0.1) is 4.91 Å². The number of imide groups is 1. The van der Waals surface area contributed by atoms with E-state index in [1.54, 1.807) is 12.1 Å². The molecule has 0 unspecified atom stereocenters. The molecule has 28 heavy (non-hydrogen) atoms. The minimum absolute atomic E-state index is 0.304. The van der Waals surface area contributed by atoms with Crippen LogP contribution in [0.1, 0.15) is 28.1 Å². The van der Waals surface area contributed by atoms with Crippen molar-refractivity contribution in [2.45, 2.75) is 27.7 Å². The molecule has 1 aliphatic rings. The van der Waals surface area contributed by atoms with Crippen LogP contribution in [0.5, 0.6) is 0 Å². The Morgan fingerprint density at radius 1 is 1.11 bits per heavy atom. The molecule has 146 valence electrons. The molecule has 6 nitrogen and oxygen atoms in total. The number of hydrogen-bond acceptors (Lipinski definition) is 4. The second-order valence-electron chi connectivity index (χ2n) is 7.00. The lowest BCUT2D eigenvalue weighted by Gasteiger charge is -2.13. The van der Waals surface area contributed by atoms with Crippen LogP contribution >= 0.6 is 11.8 Å². The average Bonchev–Trinajstić information content (AvgIpc) is 3.03. The zero-order chi connectivity index (χ0) is 20.6.